The van der Waals surface area contributed by atoms with E-state index >= 15 is 0 Å². The van der Waals surface area contributed by atoms with Crippen molar-refractivity contribution in [3.63, 3.8) is 0 Å². The molecule has 1 amide bonds. The van der Waals surface area contributed by atoms with E-state index < -0.39 is 11.4 Å². The fourth-order valence-corrected chi connectivity index (χ4v) is 2.43. The first kappa shape index (κ1) is 18.3. The number of hydrogen-bond acceptors (Lipinski definition) is 6. The smallest absolute Gasteiger partial charge is 0.294 e. The van der Waals surface area contributed by atoms with Gasteiger partial charge < -0.3 is 15.4 Å². The number of benzene rings is 1. The number of carbonyl (C=O) groups is 1. The topological polar surface area (TPSA) is 98.1 Å². The molecule has 0 aliphatic heterocycles. The van der Waals surface area contributed by atoms with Crippen LogP contribution in [0.25, 0.3) is 11.0 Å². The lowest BCUT2D eigenvalue weighted by atomic mass is 10.3. The lowest BCUT2D eigenvalue weighted by Gasteiger charge is -2.11. The molecule has 2 N–H and O–H groups in total. The molecule has 8 nitrogen and oxygen atoms in total. The van der Waals surface area contributed by atoms with Gasteiger partial charge in [-0.25, -0.2) is 9.37 Å². The number of para-hydroxylation sites is 1. The summed E-state index contributed by atoms with van der Waals surface area (Å²) in [6.07, 6.45) is 1.54. The molecule has 3 rings (SSSR count). The van der Waals surface area contributed by atoms with Crippen molar-refractivity contribution in [3.8, 4) is 11.5 Å². The number of aromatic nitrogens is 3. The van der Waals surface area contributed by atoms with Gasteiger partial charge in [-0.15, -0.1) is 0 Å². The van der Waals surface area contributed by atoms with E-state index in [1.54, 1.807) is 13.1 Å². The summed E-state index contributed by atoms with van der Waals surface area (Å²) in [5.74, 6) is -0.419. The molecule has 0 saturated carbocycles. The number of hydrogen-bond donors (Lipinski definition) is 2. The van der Waals surface area contributed by atoms with Crippen LogP contribution in [0.4, 0.5) is 10.3 Å². The number of halogens is 1. The molecule has 0 unspecified atom stereocenters. The van der Waals surface area contributed by atoms with Crippen molar-refractivity contribution in [2.75, 3.05) is 18.4 Å². The van der Waals surface area contributed by atoms with E-state index in [-0.39, 0.29) is 17.4 Å². The molecule has 0 spiro atoms. The van der Waals surface area contributed by atoms with E-state index in [0.29, 0.717) is 30.1 Å². The van der Waals surface area contributed by atoms with Gasteiger partial charge in [0.25, 0.3) is 5.56 Å². The van der Waals surface area contributed by atoms with E-state index in [4.69, 9.17) is 4.74 Å². The van der Waals surface area contributed by atoms with Crippen molar-refractivity contribution in [3.05, 3.63) is 52.7 Å². The van der Waals surface area contributed by atoms with Gasteiger partial charge in [0.1, 0.15) is 5.65 Å². The first-order valence-electron chi connectivity index (χ1n) is 8.23. The number of aryl methyl sites for hydroxylation is 1. The SMILES string of the molecule is CC(=O)NCCNc1ncc2cc(Oc3ccccc3F)c(=O)n(C)c2n1. The van der Waals surface area contributed by atoms with E-state index in [1.807, 2.05) is 0 Å². The molecule has 0 bridgehead atoms. The van der Waals surface area contributed by atoms with Crippen LogP contribution in [-0.2, 0) is 11.8 Å². The van der Waals surface area contributed by atoms with Crippen LogP contribution >= 0.6 is 0 Å². The van der Waals surface area contributed by atoms with Crippen LogP contribution in [0, 0.1) is 5.82 Å². The highest BCUT2D eigenvalue weighted by Crippen LogP contribution is 2.23. The van der Waals surface area contributed by atoms with Crippen molar-refractivity contribution in [2.45, 2.75) is 6.92 Å². The molecule has 2 aromatic heterocycles. The van der Waals surface area contributed by atoms with Crippen LogP contribution in [0.15, 0.2) is 41.3 Å². The number of nitrogens with one attached hydrogen (secondary N) is 2. The number of carbonyl (C=O) groups excluding carboxylic acids is 1. The van der Waals surface area contributed by atoms with Gasteiger partial charge >= 0.3 is 0 Å². The van der Waals surface area contributed by atoms with E-state index in [0.717, 1.165) is 0 Å². The zero-order chi connectivity index (χ0) is 19.4. The quantitative estimate of drug-likeness (QED) is 0.642. The Hall–Kier alpha value is -3.49. The Kier molecular flexibility index (Phi) is 5.30. The second-order valence-electron chi connectivity index (χ2n) is 5.79. The van der Waals surface area contributed by atoms with E-state index in [9.17, 15) is 14.0 Å². The lowest BCUT2D eigenvalue weighted by molar-refractivity contribution is -0.118. The molecular weight excluding hydrogens is 353 g/mol. The minimum absolute atomic E-state index is 0.0231. The monoisotopic (exact) mass is 371 g/mol. The maximum absolute atomic E-state index is 13.8. The van der Waals surface area contributed by atoms with Crippen molar-refractivity contribution >= 4 is 22.9 Å². The van der Waals surface area contributed by atoms with Gasteiger partial charge in [0, 0.05) is 38.6 Å². The van der Waals surface area contributed by atoms with Crippen LogP contribution in [0.3, 0.4) is 0 Å². The molecule has 140 valence electrons. The molecule has 0 saturated heterocycles. The average molecular weight is 371 g/mol. The highest BCUT2D eigenvalue weighted by molar-refractivity contribution is 5.77. The summed E-state index contributed by atoms with van der Waals surface area (Å²) in [5.41, 5.74) is -0.0495. The molecule has 3 aromatic rings. The highest BCUT2D eigenvalue weighted by Gasteiger charge is 2.13. The van der Waals surface area contributed by atoms with E-state index in [2.05, 4.69) is 20.6 Å². The molecule has 0 aliphatic rings. The number of anilines is 1. The molecule has 9 heteroatoms. The van der Waals surface area contributed by atoms with Crippen LogP contribution in [-0.4, -0.2) is 33.5 Å². The average Bonchev–Trinajstić information content (AvgIpc) is 2.65. The Balaban J connectivity index is 1.86. The fraction of sp³-hybridized carbons (Fsp3) is 0.222. The fourth-order valence-electron chi connectivity index (χ4n) is 2.43. The minimum atomic E-state index is -0.561. The first-order valence-corrected chi connectivity index (χ1v) is 8.23. The van der Waals surface area contributed by atoms with Gasteiger partial charge in [-0.1, -0.05) is 12.1 Å². The molecule has 2 heterocycles. The summed E-state index contributed by atoms with van der Waals surface area (Å²) in [5, 5.41) is 6.18. The third-order valence-corrected chi connectivity index (χ3v) is 3.75. The number of ether oxygens (including phenoxy) is 1. The Morgan fingerprint density at radius 3 is 2.78 bits per heavy atom. The van der Waals surface area contributed by atoms with Crippen LogP contribution in [0.5, 0.6) is 11.5 Å². The Bertz CT molecular complexity index is 1050. The molecule has 0 fully saturated rings. The molecule has 0 radical (unpaired) electrons. The summed E-state index contributed by atoms with van der Waals surface area (Å²) in [7, 11) is 1.55. The number of fused-ring (bicyclic) bond motifs is 1. The van der Waals surface area contributed by atoms with E-state index in [1.165, 1.54) is 42.0 Å². The zero-order valence-corrected chi connectivity index (χ0v) is 14.8. The van der Waals surface area contributed by atoms with Crippen molar-refractivity contribution < 1.29 is 13.9 Å². The predicted octanol–water partition coefficient (Wildman–Crippen LogP) is 1.81. The zero-order valence-electron chi connectivity index (χ0n) is 14.8. The van der Waals surface area contributed by atoms with Crippen LogP contribution in [0.2, 0.25) is 0 Å². The number of nitrogens with zero attached hydrogens (tertiary/aromatic N) is 3. The summed E-state index contributed by atoms with van der Waals surface area (Å²) in [4.78, 5) is 31.9. The summed E-state index contributed by atoms with van der Waals surface area (Å²) in [6, 6.07) is 7.33. The number of amides is 1. The predicted molar refractivity (Wildman–Crippen MR) is 98.4 cm³/mol. The second kappa shape index (κ2) is 7.81. The van der Waals surface area contributed by atoms with Gasteiger partial charge in [-0.3, -0.25) is 14.2 Å². The van der Waals surface area contributed by atoms with Gasteiger partial charge in [0.05, 0.1) is 0 Å². The number of rotatable bonds is 6. The maximum atomic E-state index is 13.8. The van der Waals surface area contributed by atoms with Crippen molar-refractivity contribution in [1.82, 2.24) is 19.9 Å². The molecule has 1 aromatic carbocycles. The Morgan fingerprint density at radius 1 is 1.26 bits per heavy atom. The maximum Gasteiger partial charge on any atom is 0.294 e. The second-order valence-corrected chi connectivity index (χ2v) is 5.79. The van der Waals surface area contributed by atoms with Gasteiger partial charge in [0.2, 0.25) is 11.9 Å². The third-order valence-electron chi connectivity index (χ3n) is 3.75. The molecular formula is C18H18FN5O3. The molecule has 0 atom stereocenters. The normalized spacial score (nSPS) is 10.6. The highest BCUT2D eigenvalue weighted by atomic mass is 19.1. The molecule has 27 heavy (non-hydrogen) atoms. The Labute approximate surface area is 154 Å². The summed E-state index contributed by atoms with van der Waals surface area (Å²) in [6.45, 7) is 2.29. The first-order chi connectivity index (χ1) is 13.0. The standard InChI is InChI=1S/C18H18FN5O3/c1-11(25)20-7-8-21-18-22-10-12-9-15(17(26)24(2)16(12)23-18)27-14-6-4-3-5-13(14)19/h3-6,9-10H,7-8H2,1-2H3,(H,20,25)(H,21,22,23). The van der Waals surface area contributed by atoms with Crippen molar-refractivity contribution in [1.29, 1.82) is 0 Å². The van der Waals surface area contributed by atoms with Crippen LogP contribution < -0.4 is 20.9 Å². The van der Waals surface area contributed by atoms with Gasteiger partial charge in [-0.2, -0.15) is 4.98 Å². The Morgan fingerprint density at radius 2 is 2.04 bits per heavy atom. The minimum Gasteiger partial charge on any atom is -0.448 e. The lowest BCUT2D eigenvalue weighted by Crippen LogP contribution is -2.26. The summed E-state index contributed by atoms with van der Waals surface area (Å²) >= 11 is 0. The summed E-state index contributed by atoms with van der Waals surface area (Å²) < 4.78 is 20.5. The van der Waals surface area contributed by atoms with Gasteiger partial charge in [0.15, 0.2) is 17.3 Å². The number of pyridine rings is 1. The largest absolute Gasteiger partial charge is 0.448 e. The van der Waals surface area contributed by atoms with Crippen LogP contribution in [0.1, 0.15) is 6.92 Å². The molecule has 0 aliphatic carbocycles. The van der Waals surface area contributed by atoms with Gasteiger partial charge in [-0.05, 0) is 18.2 Å². The van der Waals surface area contributed by atoms with Crippen molar-refractivity contribution in [2.24, 2.45) is 7.05 Å². The third kappa shape index (κ3) is 4.20.